The van der Waals surface area contributed by atoms with Crippen LogP contribution in [0.1, 0.15) is 35.6 Å². The van der Waals surface area contributed by atoms with Crippen molar-refractivity contribution in [3.63, 3.8) is 0 Å². The Morgan fingerprint density at radius 3 is 2.61 bits per heavy atom. The Labute approximate surface area is 175 Å². The van der Waals surface area contributed by atoms with Crippen molar-refractivity contribution in [1.29, 1.82) is 0 Å². The Morgan fingerprint density at radius 2 is 2.04 bits per heavy atom. The van der Waals surface area contributed by atoms with E-state index < -0.39 is 9.84 Å². The second-order valence-electron chi connectivity index (χ2n) is 6.99. The van der Waals surface area contributed by atoms with E-state index in [-0.39, 0.29) is 23.5 Å². The molecule has 2 aromatic heterocycles. The Bertz CT molecular complexity index is 902. The van der Waals surface area contributed by atoms with E-state index in [0.717, 1.165) is 29.5 Å². The van der Waals surface area contributed by atoms with Crippen LogP contribution in [0.15, 0.2) is 17.5 Å². The van der Waals surface area contributed by atoms with Crippen molar-refractivity contribution in [1.82, 2.24) is 14.8 Å². The smallest absolute Gasteiger partial charge is 0.266 e. The van der Waals surface area contributed by atoms with E-state index in [2.05, 4.69) is 23.7 Å². The highest BCUT2D eigenvalue weighted by Crippen LogP contribution is 2.32. The third kappa shape index (κ3) is 4.82. The first-order valence-corrected chi connectivity index (χ1v) is 13.1. The van der Waals surface area contributed by atoms with Crippen molar-refractivity contribution in [3.8, 4) is 9.88 Å². The largest absolute Gasteiger partial charge is 0.333 e. The third-order valence-corrected chi connectivity index (χ3v) is 9.12. The summed E-state index contributed by atoms with van der Waals surface area (Å²) in [6.07, 6.45) is 0.516. The maximum absolute atomic E-state index is 13.4. The van der Waals surface area contributed by atoms with Gasteiger partial charge in [0, 0.05) is 19.1 Å². The Balaban J connectivity index is 1.85. The first kappa shape index (κ1) is 21.4. The van der Waals surface area contributed by atoms with Crippen LogP contribution in [0.3, 0.4) is 0 Å². The lowest BCUT2D eigenvalue weighted by molar-refractivity contribution is 0.0678. The molecule has 9 heteroatoms. The van der Waals surface area contributed by atoms with Gasteiger partial charge in [0.25, 0.3) is 5.91 Å². The zero-order chi connectivity index (χ0) is 20.3. The molecule has 2 aromatic rings. The van der Waals surface area contributed by atoms with Crippen molar-refractivity contribution in [2.45, 2.75) is 33.2 Å². The van der Waals surface area contributed by atoms with Gasteiger partial charge in [-0.2, -0.15) is 0 Å². The van der Waals surface area contributed by atoms with Gasteiger partial charge in [0.15, 0.2) is 9.84 Å². The molecule has 1 atom stereocenters. The van der Waals surface area contributed by atoms with E-state index in [0.29, 0.717) is 23.5 Å². The molecule has 0 spiro atoms. The summed E-state index contributed by atoms with van der Waals surface area (Å²) in [4.78, 5) is 23.7. The molecule has 154 valence electrons. The summed E-state index contributed by atoms with van der Waals surface area (Å²) in [7, 11) is -3.06. The van der Waals surface area contributed by atoms with Gasteiger partial charge in [-0.1, -0.05) is 19.9 Å². The number of sulfone groups is 1. The number of aromatic nitrogens is 1. The van der Waals surface area contributed by atoms with Gasteiger partial charge in [-0.3, -0.25) is 4.79 Å². The number of thiophene rings is 1. The standard InChI is InChI=1S/C19H27N3O3S3/c1-4-21(5-2)9-10-22(15-8-12-28(24,25)13-15)19(23)17-14(3)20-18(27-17)16-7-6-11-26-16/h6-7,11,15H,4-5,8-10,12-13H2,1-3H3. The van der Waals surface area contributed by atoms with E-state index in [9.17, 15) is 13.2 Å². The number of nitrogens with zero attached hydrogens (tertiary/aromatic N) is 3. The number of thiazole rings is 1. The van der Waals surface area contributed by atoms with Gasteiger partial charge in [0.1, 0.15) is 9.88 Å². The van der Waals surface area contributed by atoms with Crippen LogP contribution >= 0.6 is 22.7 Å². The highest BCUT2D eigenvalue weighted by atomic mass is 32.2. The molecule has 28 heavy (non-hydrogen) atoms. The number of carbonyl (C=O) groups excluding carboxylic acids is 1. The van der Waals surface area contributed by atoms with Crippen LogP contribution in [0.25, 0.3) is 9.88 Å². The average molecular weight is 442 g/mol. The lowest BCUT2D eigenvalue weighted by Gasteiger charge is -2.30. The van der Waals surface area contributed by atoms with Crippen molar-refractivity contribution >= 4 is 38.4 Å². The van der Waals surface area contributed by atoms with Crippen LogP contribution in [-0.2, 0) is 9.84 Å². The number of hydrogen-bond acceptors (Lipinski definition) is 7. The molecule has 0 radical (unpaired) electrons. The molecular formula is C19H27N3O3S3. The summed E-state index contributed by atoms with van der Waals surface area (Å²) >= 11 is 3.00. The minimum absolute atomic E-state index is 0.0621. The maximum atomic E-state index is 13.4. The second-order valence-corrected chi connectivity index (χ2v) is 11.2. The van der Waals surface area contributed by atoms with E-state index >= 15 is 0 Å². The predicted molar refractivity (Wildman–Crippen MR) is 116 cm³/mol. The minimum Gasteiger partial charge on any atom is -0.333 e. The highest BCUT2D eigenvalue weighted by molar-refractivity contribution is 7.91. The lowest BCUT2D eigenvalue weighted by atomic mass is 10.2. The molecule has 3 heterocycles. The number of hydrogen-bond donors (Lipinski definition) is 0. The van der Waals surface area contributed by atoms with Crippen LogP contribution < -0.4 is 0 Å². The van der Waals surface area contributed by atoms with Crippen LogP contribution in [0, 0.1) is 6.92 Å². The molecular weight excluding hydrogens is 414 g/mol. The SMILES string of the molecule is CCN(CC)CCN(C(=O)c1sc(-c2cccs2)nc1C)C1CCS(=O)(=O)C1. The zero-order valence-corrected chi connectivity index (χ0v) is 19.0. The van der Waals surface area contributed by atoms with Gasteiger partial charge in [-0.25, -0.2) is 13.4 Å². The topological polar surface area (TPSA) is 70.6 Å². The van der Waals surface area contributed by atoms with Gasteiger partial charge < -0.3 is 9.80 Å². The molecule has 0 bridgehead atoms. The minimum atomic E-state index is -3.06. The van der Waals surface area contributed by atoms with Crippen molar-refractivity contribution < 1.29 is 13.2 Å². The monoisotopic (exact) mass is 441 g/mol. The maximum Gasteiger partial charge on any atom is 0.266 e. The fraction of sp³-hybridized carbons (Fsp3) is 0.579. The first-order valence-electron chi connectivity index (χ1n) is 9.59. The van der Waals surface area contributed by atoms with Gasteiger partial charge in [-0.15, -0.1) is 22.7 Å². The molecule has 0 aliphatic carbocycles. The van der Waals surface area contributed by atoms with Crippen LogP contribution in [0.4, 0.5) is 0 Å². The number of carbonyl (C=O) groups is 1. The molecule has 1 unspecified atom stereocenters. The van der Waals surface area contributed by atoms with Gasteiger partial charge >= 0.3 is 0 Å². The van der Waals surface area contributed by atoms with Crippen LogP contribution in [-0.4, -0.2) is 72.8 Å². The fourth-order valence-electron chi connectivity index (χ4n) is 3.49. The summed E-state index contributed by atoms with van der Waals surface area (Å²) < 4.78 is 24.0. The highest BCUT2D eigenvalue weighted by Gasteiger charge is 2.36. The molecule has 3 rings (SSSR count). The van der Waals surface area contributed by atoms with Crippen molar-refractivity contribution in [3.05, 3.63) is 28.1 Å². The van der Waals surface area contributed by atoms with E-state index in [4.69, 9.17) is 0 Å². The molecule has 1 amide bonds. The molecule has 6 nitrogen and oxygen atoms in total. The molecule has 1 fully saturated rings. The average Bonchev–Trinajstić information content (AvgIpc) is 3.38. The molecule has 1 aliphatic heterocycles. The molecule has 0 saturated carbocycles. The van der Waals surface area contributed by atoms with Crippen molar-refractivity contribution in [2.24, 2.45) is 0 Å². The molecule has 0 N–H and O–H groups in total. The number of aryl methyl sites for hydroxylation is 1. The normalized spacial score (nSPS) is 18.6. The Hall–Kier alpha value is -1.29. The lowest BCUT2D eigenvalue weighted by Crippen LogP contribution is -2.45. The summed E-state index contributed by atoms with van der Waals surface area (Å²) in [5, 5.41) is 2.84. The van der Waals surface area contributed by atoms with Crippen LogP contribution in [0.5, 0.6) is 0 Å². The number of likely N-dealkylation sites (N-methyl/N-ethyl adjacent to an activating group) is 1. The fourth-order valence-corrected chi connectivity index (χ4v) is 7.04. The summed E-state index contributed by atoms with van der Waals surface area (Å²) in [6, 6.07) is 3.72. The molecule has 1 saturated heterocycles. The molecule has 1 aliphatic rings. The Morgan fingerprint density at radius 1 is 1.29 bits per heavy atom. The van der Waals surface area contributed by atoms with Gasteiger partial charge in [-0.05, 0) is 37.9 Å². The third-order valence-electron chi connectivity index (χ3n) is 5.18. The Kier molecular flexibility index (Phi) is 6.90. The van der Waals surface area contributed by atoms with E-state index in [1.807, 2.05) is 24.4 Å². The second kappa shape index (κ2) is 9.02. The van der Waals surface area contributed by atoms with Crippen molar-refractivity contribution in [2.75, 3.05) is 37.7 Å². The molecule has 0 aromatic carbocycles. The summed E-state index contributed by atoms with van der Waals surface area (Å²) in [5.41, 5.74) is 0.715. The summed E-state index contributed by atoms with van der Waals surface area (Å²) in [5.74, 6) is 0.133. The van der Waals surface area contributed by atoms with Gasteiger partial charge in [0.2, 0.25) is 0 Å². The predicted octanol–water partition coefficient (Wildman–Crippen LogP) is 3.15. The quantitative estimate of drug-likeness (QED) is 0.629. The number of amides is 1. The zero-order valence-electron chi connectivity index (χ0n) is 16.6. The summed E-state index contributed by atoms with van der Waals surface area (Å²) in [6.45, 7) is 9.13. The van der Waals surface area contributed by atoms with E-state index in [1.54, 1.807) is 16.2 Å². The first-order chi connectivity index (χ1) is 13.3. The van der Waals surface area contributed by atoms with Gasteiger partial charge in [0.05, 0.1) is 22.1 Å². The van der Waals surface area contributed by atoms with E-state index in [1.165, 1.54) is 11.3 Å². The van der Waals surface area contributed by atoms with Crippen LogP contribution in [0.2, 0.25) is 0 Å². The number of rotatable bonds is 8.